The molecule has 4 aromatic rings. The maximum absolute atomic E-state index is 12.6. The highest BCUT2D eigenvalue weighted by atomic mass is 16.5. The Bertz CT molecular complexity index is 1410. The van der Waals surface area contributed by atoms with Crippen LogP contribution in [0.3, 0.4) is 0 Å². The van der Waals surface area contributed by atoms with Crippen LogP contribution in [0.1, 0.15) is 15.9 Å². The van der Waals surface area contributed by atoms with E-state index in [9.17, 15) is 4.79 Å². The zero-order valence-electron chi connectivity index (χ0n) is 22.1. The Labute approximate surface area is 225 Å². The number of hydrazone groups is 1. The van der Waals surface area contributed by atoms with Gasteiger partial charge in [0.15, 0.2) is 23.0 Å². The smallest absolute Gasteiger partial charge is 0.271 e. The lowest BCUT2D eigenvalue weighted by atomic mass is 10.1. The van der Waals surface area contributed by atoms with Crippen LogP contribution in [-0.2, 0) is 6.54 Å². The van der Waals surface area contributed by atoms with E-state index in [1.54, 1.807) is 42.1 Å². The van der Waals surface area contributed by atoms with Gasteiger partial charge in [0.2, 0.25) is 5.75 Å². The molecule has 202 valence electrons. The summed E-state index contributed by atoms with van der Waals surface area (Å²) in [6.07, 6.45) is 3.38. The third-order valence-electron chi connectivity index (χ3n) is 5.68. The average Bonchev–Trinajstić information content (AvgIpc) is 3.46. The van der Waals surface area contributed by atoms with E-state index >= 15 is 0 Å². The summed E-state index contributed by atoms with van der Waals surface area (Å²) in [5.74, 6) is 1.78. The van der Waals surface area contributed by atoms with Crippen LogP contribution in [0.2, 0.25) is 0 Å². The molecule has 0 spiro atoms. The Morgan fingerprint density at radius 3 is 2.28 bits per heavy atom. The molecular formula is C28H29N5O6. The van der Waals surface area contributed by atoms with Gasteiger partial charge in [0.1, 0.15) is 12.3 Å². The van der Waals surface area contributed by atoms with Crippen molar-refractivity contribution in [1.29, 1.82) is 0 Å². The van der Waals surface area contributed by atoms with E-state index in [2.05, 4.69) is 20.8 Å². The number of aromatic nitrogens is 3. The molecular weight excluding hydrogens is 502 g/mol. The van der Waals surface area contributed by atoms with Gasteiger partial charge in [-0.25, -0.2) is 10.1 Å². The molecule has 1 aromatic heterocycles. The molecule has 0 atom stereocenters. The van der Waals surface area contributed by atoms with Crippen LogP contribution in [0.25, 0.3) is 11.3 Å². The Hall–Kier alpha value is -5.06. The van der Waals surface area contributed by atoms with Crippen molar-refractivity contribution in [1.82, 2.24) is 20.4 Å². The molecule has 0 saturated carbocycles. The summed E-state index contributed by atoms with van der Waals surface area (Å²) in [4.78, 5) is 12.6. The lowest BCUT2D eigenvalue weighted by molar-refractivity contribution is 0.0954. The number of nitrogens with zero attached hydrogens (tertiary/aromatic N) is 4. The summed E-state index contributed by atoms with van der Waals surface area (Å²) in [5, 5.41) is 12.4. The van der Waals surface area contributed by atoms with Gasteiger partial charge in [-0.2, -0.15) is 5.10 Å². The fraction of sp³-hybridized carbons (Fsp3) is 0.214. The second-order valence-electron chi connectivity index (χ2n) is 8.10. The van der Waals surface area contributed by atoms with Crippen molar-refractivity contribution >= 4 is 12.1 Å². The van der Waals surface area contributed by atoms with Gasteiger partial charge in [0, 0.05) is 11.1 Å². The van der Waals surface area contributed by atoms with Crippen molar-refractivity contribution in [2.75, 3.05) is 35.0 Å². The van der Waals surface area contributed by atoms with Gasteiger partial charge < -0.3 is 23.7 Å². The first kappa shape index (κ1) is 27.0. The molecule has 0 aliphatic heterocycles. The first-order valence-corrected chi connectivity index (χ1v) is 12.0. The van der Waals surface area contributed by atoms with Gasteiger partial charge >= 0.3 is 0 Å². The minimum atomic E-state index is -0.444. The van der Waals surface area contributed by atoms with Crippen LogP contribution in [-0.4, -0.2) is 62.2 Å². The van der Waals surface area contributed by atoms with E-state index in [-0.39, 0.29) is 0 Å². The van der Waals surface area contributed by atoms with Crippen LogP contribution in [0.5, 0.6) is 28.7 Å². The van der Waals surface area contributed by atoms with Crippen LogP contribution < -0.4 is 29.1 Å². The minimum absolute atomic E-state index is 0.297. The van der Waals surface area contributed by atoms with Gasteiger partial charge in [-0.1, -0.05) is 35.5 Å². The summed E-state index contributed by atoms with van der Waals surface area (Å²) in [7, 11) is 6.01. The van der Waals surface area contributed by atoms with Gasteiger partial charge in [-0.05, 0) is 35.9 Å². The fourth-order valence-electron chi connectivity index (χ4n) is 3.72. The number of benzene rings is 3. The van der Waals surface area contributed by atoms with Crippen LogP contribution >= 0.6 is 0 Å². The predicted molar refractivity (Wildman–Crippen MR) is 145 cm³/mol. The third kappa shape index (κ3) is 6.63. The molecule has 11 heteroatoms. The highest BCUT2D eigenvalue weighted by Crippen LogP contribution is 2.38. The first-order valence-electron chi connectivity index (χ1n) is 12.0. The quantitative estimate of drug-likeness (QED) is 0.217. The largest absolute Gasteiger partial charge is 0.493 e. The molecule has 1 amide bonds. The summed E-state index contributed by atoms with van der Waals surface area (Å²) >= 11 is 0. The number of hydrogen-bond donors (Lipinski definition) is 1. The zero-order chi connectivity index (χ0) is 27.6. The Kier molecular flexibility index (Phi) is 8.96. The highest BCUT2D eigenvalue weighted by Gasteiger charge is 2.16. The van der Waals surface area contributed by atoms with E-state index in [1.165, 1.54) is 27.5 Å². The molecule has 4 rings (SSSR count). The van der Waals surface area contributed by atoms with Gasteiger partial charge in [0.25, 0.3) is 5.91 Å². The van der Waals surface area contributed by atoms with Crippen molar-refractivity contribution < 1.29 is 28.5 Å². The number of rotatable bonds is 12. The summed E-state index contributed by atoms with van der Waals surface area (Å²) < 4.78 is 29.0. The predicted octanol–water partition coefficient (Wildman–Crippen LogP) is 3.82. The normalized spacial score (nSPS) is 10.8. The molecule has 0 bridgehead atoms. The minimum Gasteiger partial charge on any atom is -0.493 e. The maximum atomic E-state index is 12.6. The second-order valence-corrected chi connectivity index (χ2v) is 8.10. The topological polar surface area (TPSA) is 118 Å². The third-order valence-corrected chi connectivity index (χ3v) is 5.68. The van der Waals surface area contributed by atoms with Crippen molar-refractivity contribution in [3.8, 4) is 40.0 Å². The SMILES string of the molecule is COc1cc(/C=N/NC(=O)c2cc(OC)c(OC)c(OC)c2)ccc1OCCn1cc(-c2ccccc2)nn1. The Morgan fingerprint density at radius 1 is 0.897 bits per heavy atom. The van der Waals surface area contributed by atoms with E-state index in [0.29, 0.717) is 53.0 Å². The van der Waals surface area contributed by atoms with Crippen molar-refractivity contribution in [2.45, 2.75) is 6.54 Å². The summed E-state index contributed by atoms with van der Waals surface area (Å²) in [6, 6.07) is 18.3. The zero-order valence-corrected chi connectivity index (χ0v) is 22.1. The Morgan fingerprint density at radius 2 is 1.62 bits per heavy atom. The summed E-state index contributed by atoms with van der Waals surface area (Å²) in [6.45, 7) is 0.880. The number of carbonyl (C=O) groups is 1. The van der Waals surface area contributed by atoms with Crippen molar-refractivity contribution in [3.63, 3.8) is 0 Å². The van der Waals surface area contributed by atoms with Crippen molar-refractivity contribution in [3.05, 3.63) is 78.0 Å². The molecule has 0 aliphatic carbocycles. The van der Waals surface area contributed by atoms with E-state index < -0.39 is 5.91 Å². The number of nitrogens with one attached hydrogen (secondary N) is 1. The second kappa shape index (κ2) is 13.0. The average molecular weight is 532 g/mol. The molecule has 1 heterocycles. The molecule has 0 fully saturated rings. The fourth-order valence-corrected chi connectivity index (χ4v) is 3.72. The van der Waals surface area contributed by atoms with E-state index in [4.69, 9.17) is 23.7 Å². The number of ether oxygens (including phenoxy) is 5. The monoisotopic (exact) mass is 531 g/mol. The summed E-state index contributed by atoms with van der Waals surface area (Å²) in [5.41, 5.74) is 5.30. The van der Waals surface area contributed by atoms with Crippen LogP contribution in [0.4, 0.5) is 0 Å². The molecule has 1 N–H and O–H groups in total. The molecule has 0 saturated heterocycles. The highest BCUT2D eigenvalue weighted by molar-refractivity contribution is 5.96. The molecule has 0 unspecified atom stereocenters. The number of methoxy groups -OCH3 is 4. The van der Waals surface area contributed by atoms with Crippen LogP contribution in [0.15, 0.2) is 72.0 Å². The van der Waals surface area contributed by atoms with Gasteiger partial charge in [-0.15, -0.1) is 5.10 Å². The maximum Gasteiger partial charge on any atom is 0.271 e. The lowest BCUT2D eigenvalue weighted by Crippen LogP contribution is -2.18. The first-order chi connectivity index (χ1) is 19.1. The van der Waals surface area contributed by atoms with Gasteiger partial charge in [-0.3, -0.25) is 4.79 Å². The number of amides is 1. The number of carbonyl (C=O) groups excluding carboxylic acids is 1. The molecule has 0 radical (unpaired) electrons. The van der Waals surface area contributed by atoms with E-state index in [1.807, 2.05) is 36.5 Å². The van der Waals surface area contributed by atoms with Gasteiger partial charge in [0.05, 0.1) is 47.4 Å². The standard InChI is InChI=1S/C28H29N5O6/c1-35-24-14-19(17-29-31-28(34)21-15-25(36-2)27(38-4)26(16-21)37-3)10-11-23(24)39-13-12-33-18-22(30-32-33)20-8-6-5-7-9-20/h5-11,14-18H,12-13H2,1-4H3,(H,31,34)/b29-17+. The molecule has 11 nitrogen and oxygen atoms in total. The van der Waals surface area contributed by atoms with E-state index in [0.717, 1.165) is 11.3 Å². The molecule has 0 aliphatic rings. The lowest BCUT2D eigenvalue weighted by Gasteiger charge is -2.13. The Balaban J connectivity index is 1.35. The van der Waals surface area contributed by atoms with Crippen LogP contribution in [0, 0.1) is 0 Å². The van der Waals surface area contributed by atoms with Crippen molar-refractivity contribution in [2.24, 2.45) is 5.10 Å². The molecule has 3 aromatic carbocycles. The molecule has 39 heavy (non-hydrogen) atoms. The number of hydrogen-bond acceptors (Lipinski definition) is 9.